The summed E-state index contributed by atoms with van der Waals surface area (Å²) >= 11 is 0. The lowest BCUT2D eigenvalue weighted by Crippen LogP contribution is -2.46. The predicted molar refractivity (Wildman–Crippen MR) is 77.2 cm³/mol. The van der Waals surface area contributed by atoms with Gasteiger partial charge in [0.05, 0.1) is 0 Å². The van der Waals surface area contributed by atoms with Crippen LogP contribution >= 0.6 is 0 Å². The number of fused-ring (bicyclic) bond motifs is 1. The minimum Gasteiger partial charge on any atom is -0.373 e. The number of amides is 1. The fourth-order valence-corrected chi connectivity index (χ4v) is 3.25. The molecule has 3 nitrogen and oxygen atoms in total. The Hall–Kier alpha value is -1.51. The number of carbonyl (C=O) groups excluding carboxylic acids is 1. The van der Waals surface area contributed by atoms with E-state index >= 15 is 0 Å². The van der Waals surface area contributed by atoms with Gasteiger partial charge in [0.15, 0.2) is 0 Å². The zero-order valence-corrected chi connectivity index (χ0v) is 11.6. The van der Waals surface area contributed by atoms with Crippen molar-refractivity contribution in [1.29, 1.82) is 0 Å². The summed E-state index contributed by atoms with van der Waals surface area (Å²) in [6.45, 7) is 3.11. The predicted octanol–water partition coefficient (Wildman–Crippen LogP) is 2.81. The van der Waals surface area contributed by atoms with Gasteiger partial charge in [-0.3, -0.25) is 4.79 Å². The SMILES string of the molecule is CC1CCCCCN1C(=O)C1Cc2ccccc2N1. The Balaban J connectivity index is 1.72. The molecule has 1 aromatic rings. The number of carbonyl (C=O) groups is 1. The third-order valence-corrected chi connectivity index (χ3v) is 4.41. The normalized spacial score (nSPS) is 26.5. The maximum atomic E-state index is 12.7. The minimum absolute atomic E-state index is 0.0575. The lowest BCUT2D eigenvalue weighted by molar-refractivity contribution is -0.133. The Morgan fingerprint density at radius 2 is 2.11 bits per heavy atom. The number of rotatable bonds is 1. The molecule has 2 unspecified atom stereocenters. The van der Waals surface area contributed by atoms with E-state index in [1.54, 1.807) is 0 Å². The highest BCUT2D eigenvalue weighted by atomic mass is 16.2. The Labute approximate surface area is 115 Å². The maximum Gasteiger partial charge on any atom is 0.245 e. The van der Waals surface area contributed by atoms with Crippen LogP contribution in [0.3, 0.4) is 0 Å². The number of hydrogen-bond donors (Lipinski definition) is 1. The van der Waals surface area contributed by atoms with Gasteiger partial charge in [-0.1, -0.05) is 31.0 Å². The molecule has 3 heteroatoms. The largest absolute Gasteiger partial charge is 0.373 e. The summed E-state index contributed by atoms with van der Waals surface area (Å²) in [6, 6.07) is 8.57. The van der Waals surface area contributed by atoms with Crippen molar-refractivity contribution in [2.75, 3.05) is 11.9 Å². The van der Waals surface area contributed by atoms with Crippen LogP contribution in [0, 0.1) is 0 Å². The summed E-state index contributed by atoms with van der Waals surface area (Å²) in [7, 11) is 0. The second-order valence-electron chi connectivity index (χ2n) is 5.79. The smallest absolute Gasteiger partial charge is 0.245 e. The quantitative estimate of drug-likeness (QED) is 0.840. The summed E-state index contributed by atoms with van der Waals surface area (Å²) in [5.41, 5.74) is 2.40. The fourth-order valence-electron chi connectivity index (χ4n) is 3.25. The molecule has 1 fully saturated rings. The topological polar surface area (TPSA) is 32.3 Å². The molecular formula is C16H22N2O. The van der Waals surface area contributed by atoms with Gasteiger partial charge in [-0.15, -0.1) is 0 Å². The van der Waals surface area contributed by atoms with Crippen molar-refractivity contribution < 1.29 is 4.79 Å². The van der Waals surface area contributed by atoms with Crippen molar-refractivity contribution in [3.05, 3.63) is 29.8 Å². The van der Waals surface area contributed by atoms with Gasteiger partial charge in [-0.2, -0.15) is 0 Å². The van der Waals surface area contributed by atoms with E-state index in [2.05, 4.69) is 29.3 Å². The van der Waals surface area contributed by atoms with E-state index in [1.807, 2.05) is 12.1 Å². The van der Waals surface area contributed by atoms with E-state index in [4.69, 9.17) is 0 Å². The third-order valence-electron chi connectivity index (χ3n) is 4.41. The lowest BCUT2D eigenvalue weighted by Gasteiger charge is -2.29. The van der Waals surface area contributed by atoms with Crippen LogP contribution < -0.4 is 5.32 Å². The highest BCUT2D eigenvalue weighted by Crippen LogP contribution is 2.27. The summed E-state index contributed by atoms with van der Waals surface area (Å²) in [5, 5.41) is 3.38. The Morgan fingerprint density at radius 3 is 2.95 bits per heavy atom. The van der Waals surface area contributed by atoms with E-state index in [9.17, 15) is 4.79 Å². The molecular weight excluding hydrogens is 236 g/mol. The molecule has 1 amide bonds. The first-order valence-electron chi connectivity index (χ1n) is 7.40. The van der Waals surface area contributed by atoms with E-state index in [0.717, 1.165) is 31.5 Å². The summed E-state index contributed by atoms with van der Waals surface area (Å²) < 4.78 is 0. The molecule has 0 spiro atoms. The first-order valence-corrected chi connectivity index (χ1v) is 7.40. The molecule has 1 saturated heterocycles. The first-order chi connectivity index (χ1) is 9.25. The van der Waals surface area contributed by atoms with Crippen LogP contribution in [-0.2, 0) is 11.2 Å². The molecule has 3 rings (SSSR count). The van der Waals surface area contributed by atoms with E-state index in [0.29, 0.717) is 6.04 Å². The average molecular weight is 258 g/mol. The molecule has 0 aromatic heterocycles. The molecule has 19 heavy (non-hydrogen) atoms. The first kappa shape index (κ1) is 12.5. The standard InChI is InChI=1S/C16H22N2O/c1-12-7-3-2-6-10-18(12)16(19)15-11-13-8-4-5-9-14(13)17-15/h4-5,8-9,12,15,17H,2-3,6-7,10-11H2,1H3. The molecule has 0 saturated carbocycles. The van der Waals surface area contributed by atoms with Gasteiger partial charge in [-0.25, -0.2) is 0 Å². The van der Waals surface area contributed by atoms with E-state index in [1.165, 1.54) is 18.4 Å². The molecule has 2 aliphatic rings. The number of nitrogens with one attached hydrogen (secondary N) is 1. The number of likely N-dealkylation sites (tertiary alicyclic amines) is 1. The van der Waals surface area contributed by atoms with Crippen LogP contribution in [0.15, 0.2) is 24.3 Å². The highest BCUT2D eigenvalue weighted by molar-refractivity contribution is 5.87. The molecule has 1 N–H and O–H groups in total. The molecule has 0 bridgehead atoms. The van der Waals surface area contributed by atoms with Crippen LogP contribution in [0.1, 0.15) is 38.2 Å². The van der Waals surface area contributed by atoms with Crippen LogP contribution in [0.5, 0.6) is 0 Å². The molecule has 102 valence electrons. The Morgan fingerprint density at radius 1 is 1.26 bits per heavy atom. The molecule has 0 aliphatic carbocycles. The van der Waals surface area contributed by atoms with Gasteiger partial charge in [0.1, 0.15) is 6.04 Å². The van der Waals surface area contributed by atoms with Gasteiger partial charge in [0.25, 0.3) is 0 Å². The summed E-state index contributed by atoms with van der Waals surface area (Å²) in [5.74, 6) is 0.283. The number of benzene rings is 1. The summed E-state index contributed by atoms with van der Waals surface area (Å²) in [6.07, 6.45) is 5.63. The second kappa shape index (κ2) is 5.24. The van der Waals surface area contributed by atoms with Gasteiger partial charge < -0.3 is 10.2 Å². The van der Waals surface area contributed by atoms with Crippen LogP contribution in [0.4, 0.5) is 5.69 Å². The zero-order valence-electron chi connectivity index (χ0n) is 11.6. The number of hydrogen-bond acceptors (Lipinski definition) is 2. The van der Waals surface area contributed by atoms with Crippen LogP contribution in [-0.4, -0.2) is 29.4 Å². The zero-order chi connectivity index (χ0) is 13.2. The van der Waals surface area contributed by atoms with Crippen molar-refractivity contribution in [2.24, 2.45) is 0 Å². The Bertz CT molecular complexity index is 447. The highest BCUT2D eigenvalue weighted by Gasteiger charge is 2.32. The third kappa shape index (κ3) is 2.46. The lowest BCUT2D eigenvalue weighted by atomic mass is 10.1. The molecule has 2 atom stereocenters. The fraction of sp³-hybridized carbons (Fsp3) is 0.562. The van der Waals surface area contributed by atoms with Crippen molar-refractivity contribution in [2.45, 2.75) is 51.1 Å². The number of anilines is 1. The monoisotopic (exact) mass is 258 g/mol. The molecule has 1 aromatic carbocycles. The van der Waals surface area contributed by atoms with E-state index < -0.39 is 0 Å². The second-order valence-corrected chi connectivity index (χ2v) is 5.79. The summed E-state index contributed by atoms with van der Waals surface area (Å²) in [4.78, 5) is 14.8. The van der Waals surface area contributed by atoms with E-state index in [-0.39, 0.29) is 11.9 Å². The minimum atomic E-state index is -0.0575. The van der Waals surface area contributed by atoms with Crippen molar-refractivity contribution >= 4 is 11.6 Å². The van der Waals surface area contributed by atoms with Gasteiger partial charge in [-0.05, 0) is 31.4 Å². The number of nitrogens with zero attached hydrogens (tertiary/aromatic N) is 1. The van der Waals surface area contributed by atoms with Crippen molar-refractivity contribution in [1.82, 2.24) is 4.90 Å². The van der Waals surface area contributed by atoms with Gasteiger partial charge in [0.2, 0.25) is 5.91 Å². The van der Waals surface area contributed by atoms with Crippen LogP contribution in [0.25, 0.3) is 0 Å². The molecule has 0 radical (unpaired) electrons. The van der Waals surface area contributed by atoms with Crippen LogP contribution in [0.2, 0.25) is 0 Å². The Kier molecular flexibility index (Phi) is 3.45. The molecule has 2 aliphatic heterocycles. The number of para-hydroxylation sites is 1. The maximum absolute atomic E-state index is 12.7. The van der Waals surface area contributed by atoms with Gasteiger partial charge in [0, 0.05) is 24.7 Å². The molecule has 2 heterocycles. The van der Waals surface area contributed by atoms with Crippen molar-refractivity contribution in [3.8, 4) is 0 Å². The van der Waals surface area contributed by atoms with Gasteiger partial charge >= 0.3 is 0 Å². The van der Waals surface area contributed by atoms with Crippen molar-refractivity contribution in [3.63, 3.8) is 0 Å². The average Bonchev–Trinajstić information content (AvgIpc) is 2.74.